The first-order chi connectivity index (χ1) is 13.6. The third-order valence-corrected chi connectivity index (χ3v) is 5.37. The average Bonchev–Trinajstić information content (AvgIpc) is 3.07. The number of anilines is 1. The van der Waals surface area contributed by atoms with Crippen LogP contribution in [0, 0.1) is 6.92 Å². The van der Waals surface area contributed by atoms with Crippen molar-refractivity contribution in [1.82, 2.24) is 4.98 Å². The zero-order chi connectivity index (χ0) is 19.5. The number of hydrogen-bond donors (Lipinski definition) is 1. The molecule has 0 radical (unpaired) electrons. The molecule has 0 saturated heterocycles. The molecule has 1 aromatic heterocycles. The molecule has 0 aliphatic carbocycles. The monoisotopic (exact) mass is 427 g/mol. The van der Waals surface area contributed by atoms with Crippen LogP contribution in [0.5, 0.6) is 11.5 Å². The Balaban J connectivity index is 1.40. The molecule has 0 aliphatic rings. The predicted molar refractivity (Wildman–Crippen MR) is 119 cm³/mol. The van der Waals surface area contributed by atoms with Crippen LogP contribution in [0.1, 0.15) is 11.1 Å². The van der Waals surface area contributed by atoms with E-state index in [4.69, 9.17) is 27.9 Å². The summed E-state index contributed by atoms with van der Waals surface area (Å²) in [6.07, 6.45) is 1.73. The van der Waals surface area contributed by atoms with E-state index in [-0.39, 0.29) is 0 Å². The van der Waals surface area contributed by atoms with E-state index in [1.54, 1.807) is 35.8 Å². The Morgan fingerprint density at radius 2 is 1.86 bits per heavy atom. The van der Waals surface area contributed by atoms with Gasteiger partial charge in [-0.05, 0) is 72.6 Å². The summed E-state index contributed by atoms with van der Waals surface area (Å²) in [6.45, 7) is 2.07. The van der Waals surface area contributed by atoms with Gasteiger partial charge in [0.25, 0.3) is 0 Å². The zero-order valence-electron chi connectivity index (χ0n) is 14.8. The quantitative estimate of drug-likeness (QED) is 0.271. The molecule has 4 nitrogen and oxygen atoms in total. The third-order valence-electron chi connectivity index (χ3n) is 3.92. The van der Waals surface area contributed by atoms with Gasteiger partial charge in [-0.1, -0.05) is 40.6 Å². The second-order valence-electron chi connectivity index (χ2n) is 6.11. The molecule has 3 aromatic carbocycles. The van der Waals surface area contributed by atoms with Gasteiger partial charge >= 0.3 is 0 Å². The van der Waals surface area contributed by atoms with Gasteiger partial charge in [-0.2, -0.15) is 5.10 Å². The molecule has 4 rings (SSSR count). The number of rotatable bonds is 5. The van der Waals surface area contributed by atoms with Crippen LogP contribution in [0.3, 0.4) is 0 Å². The van der Waals surface area contributed by atoms with Crippen molar-refractivity contribution in [2.24, 2.45) is 5.10 Å². The molecule has 0 unspecified atom stereocenters. The lowest BCUT2D eigenvalue weighted by Crippen LogP contribution is -1.90. The van der Waals surface area contributed by atoms with Gasteiger partial charge in [0.05, 0.1) is 21.5 Å². The SMILES string of the molecule is Cc1ccc2nc(N/N=C\c3ccc(Oc4ccc(Cl)cc4Cl)cc3)sc2c1. The van der Waals surface area contributed by atoms with Crippen LogP contribution >= 0.6 is 34.5 Å². The Bertz CT molecular complexity index is 1160. The fraction of sp³-hybridized carbons (Fsp3) is 0.0476. The summed E-state index contributed by atoms with van der Waals surface area (Å²) in [7, 11) is 0. The Kier molecular flexibility index (Phi) is 5.48. The van der Waals surface area contributed by atoms with Gasteiger partial charge < -0.3 is 4.74 Å². The highest BCUT2D eigenvalue weighted by molar-refractivity contribution is 7.22. The van der Waals surface area contributed by atoms with E-state index in [0.717, 1.165) is 20.9 Å². The number of aromatic nitrogens is 1. The van der Waals surface area contributed by atoms with Crippen LogP contribution in [-0.2, 0) is 0 Å². The fourth-order valence-electron chi connectivity index (χ4n) is 2.55. The molecule has 0 atom stereocenters. The number of thiazole rings is 1. The van der Waals surface area contributed by atoms with Crippen molar-refractivity contribution < 1.29 is 4.74 Å². The number of ether oxygens (including phenoxy) is 1. The van der Waals surface area contributed by atoms with Crippen molar-refractivity contribution in [3.05, 3.63) is 81.8 Å². The number of aryl methyl sites for hydroxylation is 1. The van der Waals surface area contributed by atoms with Gasteiger partial charge in [0.2, 0.25) is 5.13 Å². The molecule has 0 amide bonds. The third kappa shape index (κ3) is 4.44. The molecule has 7 heteroatoms. The minimum Gasteiger partial charge on any atom is -0.456 e. The zero-order valence-corrected chi connectivity index (χ0v) is 17.1. The Morgan fingerprint density at radius 1 is 1.04 bits per heavy atom. The first-order valence-corrected chi connectivity index (χ1v) is 10.0. The minimum absolute atomic E-state index is 0.466. The van der Waals surface area contributed by atoms with Crippen LogP contribution < -0.4 is 10.2 Å². The van der Waals surface area contributed by atoms with E-state index in [1.165, 1.54) is 5.56 Å². The summed E-state index contributed by atoms with van der Waals surface area (Å²) >= 11 is 13.6. The minimum atomic E-state index is 0.466. The number of nitrogens with one attached hydrogen (secondary N) is 1. The van der Waals surface area contributed by atoms with Gasteiger partial charge in [0, 0.05) is 5.02 Å². The largest absolute Gasteiger partial charge is 0.456 e. The van der Waals surface area contributed by atoms with E-state index in [1.807, 2.05) is 30.3 Å². The van der Waals surface area contributed by atoms with E-state index in [0.29, 0.717) is 21.5 Å². The maximum Gasteiger partial charge on any atom is 0.204 e. The standard InChI is InChI=1S/C21H15Cl2N3OS/c1-13-2-8-18-20(10-13)28-21(25-18)26-24-12-14-3-6-16(7-4-14)27-19-9-5-15(22)11-17(19)23/h2-12H,1H3,(H,25,26)/b24-12-. The van der Waals surface area contributed by atoms with E-state index >= 15 is 0 Å². The first-order valence-electron chi connectivity index (χ1n) is 8.46. The highest BCUT2D eigenvalue weighted by Gasteiger charge is 2.04. The van der Waals surface area contributed by atoms with E-state index < -0.39 is 0 Å². The van der Waals surface area contributed by atoms with Crippen molar-refractivity contribution in [3.63, 3.8) is 0 Å². The van der Waals surface area contributed by atoms with E-state index in [9.17, 15) is 0 Å². The first kappa shape index (κ1) is 18.7. The highest BCUT2D eigenvalue weighted by Crippen LogP contribution is 2.31. The second kappa shape index (κ2) is 8.19. The molecule has 28 heavy (non-hydrogen) atoms. The lowest BCUT2D eigenvalue weighted by Gasteiger charge is -2.07. The molecule has 4 aromatic rings. The van der Waals surface area contributed by atoms with E-state index in [2.05, 4.69) is 34.6 Å². The molecular weight excluding hydrogens is 413 g/mol. The average molecular weight is 428 g/mol. The van der Waals surface area contributed by atoms with Crippen LogP contribution in [0.15, 0.2) is 65.8 Å². The van der Waals surface area contributed by atoms with Crippen LogP contribution in [0.4, 0.5) is 5.13 Å². The topological polar surface area (TPSA) is 46.5 Å². The summed E-state index contributed by atoms with van der Waals surface area (Å²) in [6, 6.07) is 18.8. The number of halogens is 2. The van der Waals surface area contributed by atoms with Gasteiger partial charge in [0.1, 0.15) is 11.5 Å². The van der Waals surface area contributed by atoms with Gasteiger partial charge in [0.15, 0.2) is 0 Å². The Morgan fingerprint density at radius 3 is 2.64 bits per heavy atom. The predicted octanol–water partition coefficient (Wildman–Crippen LogP) is 7.15. The van der Waals surface area contributed by atoms with Crippen molar-refractivity contribution in [3.8, 4) is 11.5 Å². The number of hydrazone groups is 1. The summed E-state index contributed by atoms with van der Waals surface area (Å²) in [5.74, 6) is 1.23. The number of fused-ring (bicyclic) bond motifs is 1. The molecule has 0 bridgehead atoms. The van der Waals surface area contributed by atoms with Gasteiger partial charge in [-0.25, -0.2) is 4.98 Å². The molecule has 140 valence electrons. The fourth-order valence-corrected chi connectivity index (χ4v) is 3.91. The summed E-state index contributed by atoms with van der Waals surface area (Å²) < 4.78 is 6.92. The van der Waals surface area contributed by atoms with Crippen molar-refractivity contribution >= 4 is 56.1 Å². The van der Waals surface area contributed by atoms with Gasteiger partial charge in [-0.15, -0.1) is 0 Å². The summed E-state index contributed by atoms with van der Waals surface area (Å²) in [5.41, 5.74) is 6.10. The number of hydrogen-bond acceptors (Lipinski definition) is 5. The van der Waals surface area contributed by atoms with Gasteiger partial charge in [-0.3, -0.25) is 5.43 Å². The molecule has 0 fully saturated rings. The molecule has 0 saturated carbocycles. The number of benzene rings is 3. The van der Waals surface area contributed by atoms with Crippen molar-refractivity contribution in [2.75, 3.05) is 5.43 Å². The summed E-state index contributed by atoms with van der Waals surface area (Å²) in [5, 5.41) is 6.06. The van der Waals surface area contributed by atoms with Crippen molar-refractivity contribution in [1.29, 1.82) is 0 Å². The molecule has 0 spiro atoms. The Hall–Kier alpha value is -2.60. The smallest absolute Gasteiger partial charge is 0.204 e. The summed E-state index contributed by atoms with van der Waals surface area (Å²) in [4.78, 5) is 4.51. The molecule has 0 aliphatic heterocycles. The maximum absolute atomic E-state index is 6.13. The lowest BCUT2D eigenvalue weighted by molar-refractivity contribution is 0.483. The number of nitrogens with zero attached hydrogens (tertiary/aromatic N) is 2. The van der Waals surface area contributed by atoms with Crippen LogP contribution in [0.2, 0.25) is 10.0 Å². The Labute approximate surface area is 176 Å². The normalized spacial score (nSPS) is 11.2. The molecular formula is C21H15Cl2N3OS. The van der Waals surface area contributed by atoms with Crippen LogP contribution in [0.25, 0.3) is 10.2 Å². The molecule has 1 N–H and O–H groups in total. The van der Waals surface area contributed by atoms with Crippen LogP contribution in [-0.4, -0.2) is 11.2 Å². The lowest BCUT2D eigenvalue weighted by atomic mass is 10.2. The second-order valence-corrected chi connectivity index (χ2v) is 7.98. The maximum atomic E-state index is 6.13. The van der Waals surface area contributed by atoms with Crippen molar-refractivity contribution in [2.45, 2.75) is 6.92 Å². The highest BCUT2D eigenvalue weighted by atomic mass is 35.5. The molecule has 1 heterocycles.